The number of alkyl halides is 3. The summed E-state index contributed by atoms with van der Waals surface area (Å²) in [6, 6.07) is 0. The first kappa shape index (κ1) is 29.2. The fourth-order valence-electron chi connectivity index (χ4n) is 3.28. The Hall–Kier alpha value is -0.830. The molecule has 184 valence electrons. The predicted octanol–water partition coefficient (Wildman–Crippen LogP) is 5.99. The van der Waals surface area contributed by atoms with Crippen LogP contribution in [-0.4, -0.2) is 35.9 Å². The Bertz CT molecular complexity index is 628. The third-order valence-corrected chi connectivity index (χ3v) is 5.93. The molecule has 1 amide bonds. The molecule has 0 saturated heterocycles. The van der Waals surface area contributed by atoms with Crippen molar-refractivity contribution in [3.05, 3.63) is 12.7 Å². The quantitative estimate of drug-likeness (QED) is 0.0998. The molecule has 0 aliphatic heterocycles. The van der Waals surface area contributed by atoms with Gasteiger partial charge in [0.25, 0.3) is 0 Å². The number of aromatic nitrogens is 3. The molecule has 1 aromatic rings. The van der Waals surface area contributed by atoms with Crippen LogP contribution in [0.4, 0.5) is 0 Å². The van der Waals surface area contributed by atoms with E-state index in [0.29, 0.717) is 6.42 Å². The topological polar surface area (TPSA) is 83.9 Å². The zero-order chi connectivity index (χ0) is 23.7. The number of halogens is 3. The Balaban J connectivity index is 2.10. The van der Waals surface area contributed by atoms with Crippen LogP contribution in [0, 0.1) is 0 Å². The van der Waals surface area contributed by atoms with Gasteiger partial charge in [-0.3, -0.25) is 10.2 Å². The van der Waals surface area contributed by atoms with Crippen molar-refractivity contribution in [3.63, 3.8) is 0 Å². The maximum Gasteiger partial charge on any atom is 0.228 e. The normalized spacial score (nSPS) is 12.4. The summed E-state index contributed by atoms with van der Waals surface area (Å²) in [5.74, 6) is -0.191. The molecule has 0 aliphatic rings. The molecule has 1 atom stereocenters. The molecule has 3 N–H and O–H groups in total. The number of nitrogens with zero attached hydrogens (tertiary/aromatic N) is 3. The Morgan fingerprint density at radius 1 is 0.875 bits per heavy atom. The second-order valence-electron chi connectivity index (χ2n) is 7.99. The van der Waals surface area contributed by atoms with E-state index in [4.69, 9.17) is 47.0 Å². The van der Waals surface area contributed by atoms with Gasteiger partial charge < -0.3 is 10.6 Å². The maximum atomic E-state index is 12.3. The molecule has 32 heavy (non-hydrogen) atoms. The van der Waals surface area contributed by atoms with E-state index in [1.807, 2.05) is 0 Å². The van der Waals surface area contributed by atoms with Crippen molar-refractivity contribution in [2.45, 2.75) is 107 Å². The van der Waals surface area contributed by atoms with E-state index in [1.54, 1.807) is 0 Å². The number of carbonyl (C=O) groups is 1. The molecule has 0 spiro atoms. The molecular weight excluding hydrogens is 491 g/mol. The first-order chi connectivity index (χ1) is 15.3. The van der Waals surface area contributed by atoms with Crippen LogP contribution in [0.25, 0.3) is 0 Å². The first-order valence-corrected chi connectivity index (χ1v) is 13.2. The van der Waals surface area contributed by atoms with Gasteiger partial charge >= 0.3 is 0 Å². The van der Waals surface area contributed by atoms with Gasteiger partial charge in [0, 0.05) is 6.42 Å². The second-order valence-corrected chi connectivity index (χ2v) is 10.8. The molecule has 1 aromatic heterocycles. The highest BCUT2D eigenvalue weighted by atomic mass is 35.6. The van der Waals surface area contributed by atoms with Crippen LogP contribution in [0.5, 0.6) is 0 Å². The molecule has 11 heteroatoms. The van der Waals surface area contributed by atoms with Crippen LogP contribution in [0.15, 0.2) is 12.7 Å². The van der Waals surface area contributed by atoms with Gasteiger partial charge in [-0.15, -0.1) is 10.2 Å². The number of nitrogens with one attached hydrogen (secondary N) is 3. The fraction of sp³-hybridized carbons (Fsp3) is 0.810. The summed E-state index contributed by atoms with van der Waals surface area (Å²) >= 11 is 23.1. The maximum absolute atomic E-state index is 12.3. The van der Waals surface area contributed by atoms with Crippen molar-refractivity contribution in [1.82, 2.24) is 25.5 Å². The van der Waals surface area contributed by atoms with Gasteiger partial charge in [-0.1, -0.05) is 119 Å². The van der Waals surface area contributed by atoms with Crippen LogP contribution in [-0.2, 0) is 4.79 Å². The highest BCUT2D eigenvalue weighted by Crippen LogP contribution is 2.29. The largest absolute Gasteiger partial charge is 0.338 e. The van der Waals surface area contributed by atoms with E-state index in [2.05, 4.69) is 33.2 Å². The zero-order valence-corrected chi connectivity index (χ0v) is 22.0. The van der Waals surface area contributed by atoms with Crippen molar-refractivity contribution in [1.29, 1.82) is 0 Å². The predicted molar refractivity (Wildman–Crippen MR) is 138 cm³/mol. The lowest BCUT2D eigenvalue weighted by Gasteiger charge is -2.27. The van der Waals surface area contributed by atoms with Gasteiger partial charge in [0.1, 0.15) is 18.8 Å². The summed E-state index contributed by atoms with van der Waals surface area (Å²) < 4.78 is -0.342. The van der Waals surface area contributed by atoms with E-state index in [0.717, 1.165) is 19.3 Å². The highest BCUT2D eigenvalue weighted by molar-refractivity contribution is 7.80. The van der Waals surface area contributed by atoms with Crippen molar-refractivity contribution in [2.24, 2.45) is 0 Å². The van der Waals surface area contributed by atoms with Crippen LogP contribution < -0.4 is 16.1 Å². The Kier molecular flexibility index (Phi) is 16.1. The third-order valence-electron chi connectivity index (χ3n) is 5.06. The number of hydrogen-bond acceptors (Lipinski definition) is 4. The molecule has 0 aromatic carbocycles. The van der Waals surface area contributed by atoms with Crippen molar-refractivity contribution in [3.8, 4) is 0 Å². The van der Waals surface area contributed by atoms with E-state index in [9.17, 15) is 4.79 Å². The number of unbranched alkanes of at least 4 members (excludes halogenated alkanes) is 12. The molecular formula is C21H37Cl3N6OS. The molecule has 1 heterocycles. The van der Waals surface area contributed by atoms with E-state index >= 15 is 0 Å². The second kappa shape index (κ2) is 17.6. The standard InChI is InChI=1S/C21H37Cl3N6OS/c1-2-3-4-5-6-7-8-9-10-11-12-13-14-15-18(31)27-19(21(22,23)24)28-20(32)29-30-16-25-26-17-30/h16-17,19H,2-15H2,1H3,(H,27,31)(H2,28,29,32). The molecule has 0 aliphatic carbocycles. The van der Waals surface area contributed by atoms with Crippen molar-refractivity contribution in [2.75, 3.05) is 5.43 Å². The van der Waals surface area contributed by atoms with Crippen molar-refractivity contribution < 1.29 is 4.79 Å². The van der Waals surface area contributed by atoms with Gasteiger partial charge in [0.05, 0.1) is 0 Å². The Morgan fingerprint density at radius 3 is 1.81 bits per heavy atom. The molecule has 0 saturated carbocycles. The smallest absolute Gasteiger partial charge is 0.228 e. The zero-order valence-electron chi connectivity index (χ0n) is 18.9. The van der Waals surface area contributed by atoms with Gasteiger partial charge in [0.15, 0.2) is 5.11 Å². The minimum Gasteiger partial charge on any atom is -0.338 e. The molecule has 7 nitrogen and oxygen atoms in total. The van der Waals surface area contributed by atoms with Gasteiger partial charge in [-0.2, -0.15) is 0 Å². The van der Waals surface area contributed by atoms with Crippen LogP contribution in [0.2, 0.25) is 0 Å². The van der Waals surface area contributed by atoms with Crippen LogP contribution in [0.1, 0.15) is 96.8 Å². The number of amides is 1. The minimum absolute atomic E-state index is 0.155. The van der Waals surface area contributed by atoms with Crippen molar-refractivity contribution >= 4 is 58.0 Å². The van der Waals surface area contributed by atoms with E-state index in [1.165, 1.54) is 81.5 Å². The molecule has 0 bridgehead atoms. The number of thiocarbonyl (C=S) groups is 1. The number of hydrogen-bond donors (Lipinski definition) is 3. The fourth-order valence-corrected chi connectivity index (χ4v) is 3.83. The van der Waals surface area contributed by atoms with E-state index < -0.39 is 9.96 Å². The summed E-state index contributed by atoms with van der Waals surface area (Å²) in [5, 5.41) is 12.9. The monoisotopic (exact) mass is 526 g/mol. The van der Waals surface area contributed by atoms with Crippen LogP contribution in [0.3, 0.4) is 0 Å². The summed E-state index contributed by atoms with van der Waals surface area (Å²) in [5.41, 5.74) is 2.78. The van der Waals surface area contributed by atoms with E-state index in [-0.39, 0.29) is 11.0 Å². The number of carbonyl (C=O) groups excluding carboxylic acids is 1. The average molecular weight is 528 g/mol. The highest BCUT2D eigenvalue weighted by Gasteiger charge is 2.34. The number of rotatable bonds is 17. The molecule has 1 rings (SSSR count). The Morgan fingerprint density at radius 2 is 1.34 bits per heavy atom. The minimum atomic E-state index is -1.77. The lowest BCUT2D eigenvalue weighted by Crippen LogP contribution is -2.56. The molecule has 0 fully saturated rings. The lowest BCUT2D eigenvalue weighted by atomic mass is 10.0. The average Bonchev–Trinajstić information content (AvgIpc) is 3.23. The van der Waals surface area contributed by atoms with Gasteiger partial charge in [0.2, 0.25) is 9.70 Å². The summed E-state index contributed by atoms with van der Waals surface area (Å²) in [7, 11) is 0. The Labute approximate surface area is 212 Å². The third kappa shape index (κ3) is 15.1. The molecule has 0 radical (unpaired) electrons. The van der Waals surface area contributed by atoms with Gasteiger partial charge in [-0.05, 0) is 18.6 Å². The first-order valence-electron chi connectivity index (χ1n) is 11.6. The van der Waals surface area contributed by atoms with Crippen LogP contribution >= 0.6 is 47.0 Å². The lowest BCUT2D eigenvalue weighted by molar-refractivity contribution is -0.122. The molecule has 1 unspecified atom stereocenters. The summed E-state index contributed by atoms with van der Waals surface area (Å²) in [4.78, 5) is 12.3. The van der Waals surface area contributed by atoms with Gasteiger partial charge in [-0.25, -0.2) is 4.68 Å². The summed E-state index contributed by atoms with van der Waals surface area (Å²) in [6.07, 6.45) is 18.5. The summed E-state index contributed by atoms with van der Waals surface area (Å²) in [6.45, 7) is 2.25. The SMILES string of the molecule is CCCCCCCCCCCCCCCC(=O)NC(NC(=S)Nn1cnnc1)C(Cl)(Cl)Cl.